The van der Waals surface area contributed by atoms with Crippen LogP contribution in [-0.2, 0) is 11.3 Å². The number of ether oxygens (including phenoxy) is 1. The number of carbonyl (C=O) groups excluding carboxylic acids is 2. The zero-order valence-electron chi connectivity index (χ0n) is 16.6. The molecule has 4 rings (SSSR count). The molecule has 2 aromatic rings. The van der Waals surface area contributed by atoms with Gasteiger partial charge in [0, 0.05) is 32.7 Å². The Morgan fingerprint density at radius 3 is 2.52 bits per heavy atom. The van der Waals surface area contributed by atoms with Crippen molar-refractivity contribution in [2.75, 3.05) is 44.7 Å². The number of hydrogen-bond acceptors (Lipinski definition) is 6. The molecule has 0 saturated carbocycles. The number of nitrogens with zero attached hydrogens (tertiary/aromatic N) is 5. The van der Waals surface area contributed by atoms with E-state index in [0.717, 1.165) is 37.2 Å². The van der Waals surface area contributed by atoms with Gasteiger partial charge >= 0.3 is 0 Å². The highest BCUT2D eigenvalue weighted by atomic mass is 16.5. The fourth-order valence-corrected chi connectivity index (χ4v) is 3.72. The SMILES string of the molecule is COc1ccc(CN2CCN(c3cncc(C(=O)N4CCCC4)n3)CC2=O)cc1. The Bertz CT molecular complexity index is 880. The molecule has 0 N–H and O–H groups in total. The van der Waals surface area contributed by atoms with Crippen molar-refractivity contribution < 1.29 is 14.3 Å². The number of rotatable bonds is 5. The standard InChI is InChI=1S/C21H25N5O3/c1-29-17-6-4-16(5-7-17)14-26-11-10-25(15-20(26)27)19-13-22-12-18(23-19)21(28)24-8-2-3-9-24/h4-7,12-13H,2-3,8-11,14-15H2,1H3. The summed E-state index contributed by atoms with van der Waals surface area (Å²) in [7, 11) is 1.63. The second-order valence-electron chi connectivity index (χ2n) is 7.35. The summed E-state index contributed by atoms with van der Waals surface area (Å²) in [5, 5.41) is 0. The molecule has 3 heterocycles. The maximum atomic E-state index is 12.7. The first kappa shape index (κ1) is 19.2. The van der Waals surface area contributed by atoms with E-state index >= 15 is 0 Å². The highest BCUT2D eigenvalue weighted by Crippen LogP contribution is 2.18. The molecule has 1 aromatic heterocycles. The predicted octanol–water partition coefficient (Wildman–Crippen LogP) is 1.57. The molecular weight excluding hydrogens is 370 g/mol. The first-order valence-electron chi connectivity index (χ1n) is 9.91. The maximum absolute atomic E-state index is 12.7. The van der Waals surface area contributed by atoms with Crippen LogP contribution < -0.4 is 9.64 Å². The monoisotopic (exact) mass is 395 g/mol. The third kappa shape index (κ3) is 4.31. The fourth-order valence-electron chi connectivity index (χ4n) is 3.72. The largest absolute Gasteiger partial charge is 0.497 e. The second kappa shape index (κ2) is 8.46. The molecule has 2 amide bonds. The molecule has 2 fully saturated rings. The third-order valence-electron chi connectivity index (χ3n) is 5.41. The van der Waals surface area contributed by atoms with Gasteiger partial charge in [0.25, 0.3) is 5.91 Å². The smallest absolute Gasteiger partial charge is 0.274 e. The summed E-state index contributed by atoms with van der Waals surface area (Å²) in [4.78, 5) is 39.5. The minimum atomic E-state index is -0.0821. The van der Waals surface area contributed by atoms with Crippen LogP contribution in [0.15, 0.2) is 36.7 Å². The van der Waals surface area contributed by atoms with Gasteiger partial charge in [-0.25, -0.2) is 4.98 Å². The molecular formula is C21H25N5O3. The van der Waals surface area contributed by atoms with Crippen molar-refractivity contribution in [2.45, 2.75) is 19.4 Å². The summed E-state index contributed by atoms with van der Waals surface area (Å²) in [6.07, 6.45) is 5.19. The van der Waals surface area contributed by atoms with Crippen LogP contribution in [-0.4, -0.2) is 71.4 Å². The van der Waals surface area contributed by atoms with Crippen LogP contribution in [0.25, 0.3) is 0 Å². The Kier molecular flexibility index (Phi) is 5.59. The molecule has 0 unspecified atom stereocenters. The van der Waals surface area contributed by atoms with Crippen molar-refractivity contribution in [1.29, 1.82) is 0 Å². The van der Waals surface area contributed by atoms with E-state index < -0.39 is 0 Å². The maximum Gasteiger partial charge on any atom is 0.274 e. The number of carbonyl (C=O) groups is 2. The lowest BCUT2D eigenvalue weighted by Gasteiger charge is -2.35. The van der Waals surface area contributed by atoms with Gasteiger partial charge in [-0.05, 0) is 30.5 Å². The van der Waals surface area contributed by atoms with E-state index in [1.54, 1.807) is 13.3 Å². The quantitative estimate of drug-likeness (QED) is 0.765. The van der Waals surface area contributed by atoms with Crippen molar-refractivity contribution in [3.05, 3.63) is 47.9 Å². The average molecular weight is 395 g/mol. The van der Waals surface area contributed by atoms with E-state index in [1.807, 2.05) is 39.0 Å². The summed E-state index contributed by atoms with van der Waals surface area (Å²) in [6, 6.07) is 7.73. The number of hydrogen-bond donors (Lipinski definition) is 0. The van der Waals surface area contributed by atoms with Crippen LogP contribution in [0.1, 0.15) is 28.9 Å². The number of likely N-dealkylation sites (tertiary alicyclic amines) is 1. The summed E-state index contributed by atoms with van der Waals surface area (Å²) in [5.41, 5.74) is 1.41. The number of benzene rings is 1. The number of amides is 2. The van der Waals surface area contributed by atoms with Crippen molar-refractivity contribution >= 4 is 17.6 Å². The van der Waals surface area contributed by atoms with E-state index in [1.165, 1.54) is 6.20 Å². The van der Waals surface area contributed by atoms with Gasteiger partial charge in [-0.15, -0.1) is 0 Å². The fraction of sp³-hybridized carbons (Fsp3) is 0.429. The summed E-state index contributed by atoms with van der Waals surface area (Å²) < 4.78 is 5.18. The molecule has 8 nitrogen and oxygen atoms in total. The lowest BCUT2D eigenvalue weighted by Crippen LogP contribution is -2.50. The molecule has 2 aliphatic heterocycles. The van der Waals surface area contributed by atoms with Crippen molar-refractivity contribution in [3.8, 4) is 5.75 Å². The van der Waals surface area contributed by atoms with E-state index in [2.05, 4.69) is 9.97 Å². The molecule has 0 atom stereocenters. The number of anilines is 1. The Balaban J connectivity index is 1.39. The Labute approximate surface area is 170 Å². The predicted molar refractivity (Wildman–Crippen MR) is 108 cm³/mol. The normalized spacial score (nSPS) is 17.0. The highest BCUT2D eigenvalue weighted by molar-refractivity contribution is 5.92. The van der Waals surface area contributed by atoms with Gasteiger partial charge in [0.2, 0.25) is 5.91 Å². The minimum absolute atomic E-state index is 0.0325. The van der Waals surface area contributed by atoms with Crippen LogP contribution >= 0.6 is 0 Å². The summed E-state index contributed by atoms with van der Waals surface area (Å²) in [6.45, 7) is 3.58. The van der Waals surface area contributed by atoms with Crippen molar-refractivity contribution in [2.24, 2.45) is 0 Å². The van der Waals surface area contributed by atoms with Gasteiger partial charge in [-0.3, -0.25) is 14.6 Å². The molecule has 0 spiro atoms. The van der Waals surface area contributed by atoms with Gasteiger partial charge < -0.3 is 19.4 Å². The Morgan fingerprint density at radius 2 is 1.83 bits per heavy atom. The third-order valence-corrected chi connectivity index (χ3v) is 5.41. The summed E-state index contributed by atoms with van der Waals surface area (Å²) in [5.74, 6) is 1.32. The molecule has 0 aliphatic carbocycles. The minimum Gasteiger partial charge on any atom is -0.497 e. The van der Waals surface area contributed by atoms with Gasteiger partial charge in [-0.1, -0.05) is 12.1 Å². The zero-order chi connectivity index (χ0) is 20.2. The van der Waals surface area contributed by atoms with Crippen molar-refractivity contribution in [3.63, 3.8) is 0 Å². The molecule has 0 bridgehead atoms. The Morgan fingerprint density at radius 1 is 1.07 bits per heavy atom. The van der Waals surface area contributed by atoms with Gasteiger partial charge in [0.1, 0.15) is 17.3 Å². The van der Waals surface area contributed by atoms with E-state index in [4.69, 9.17) is 4.74 Å². The van der Waals surface area contributed by atoms with Crippen LogP contribution in [0.3, 0.4) is 0 Å². The molecule has 1 aromatic carbocycles. The van der Waals surface area contributed by atoms with Crippen molar-refractivity contribution in [1.82, 2.24) is 19.8 Å². The zero-order valence-corrected chi connectivity index (χ0v) is 16.6. The Hall–Kier alpha value is -3.16. The van der Waals surface area contributed by atoms with E-state index in [-0.39, 0.29) is 18.4 Å². The summed E-state index contributed by atoms with van der Waals surface area (Å²) >= 11 is 0. The lowest BCUT2D eigenvalue weighted by atomic mass is 10.2. The van der Waals surface area contributed by atoms with E-state index in [0.29, 0.717) is 31.1 Å². The van der Waals surface area contributed by atoms with Gasteiger partial charge in [0.15, 0.2) is 0 Å². The van der Waals surface area contributed by atoms with Gasteiger partial charge in [0.05, 0.1) is 26.0 Å². The molecule has 2 aliphatic rings. The molecule has 29 heavy (non-hydrogen) atoms. The van der Waals surface area contributed by atoms with E-state index in [9.17, 15) is 9.59 Å². The number of methoxy groups -OCH3 is 1. The topological polar surface area (TPSA) is 78.9 Å². The first-order chi connectivity index (χ1) is 14.1. The molecule has 8 heteroatoms. The average Bonchev–Trinajstić information content (AvgIpc) is 3.30. The lowest BCUT2D eigenvalue weighted by molar-refractivity contribution is -0.131. The number of aromatic nitrogens is 2. The highest BCUT2D eigenvalue weighted by Gasteiger charge is 2.26. The molecule has 152 valence electrons. The molecule has 0 radical (unpaired) electrons. The second-order valence-corrected chi connectivity index (χ2v) is 7.35. The van der Waals surface area contributed by atoms with Crippen LogP contribution in [0, 0.1) is 0 Å². The van der Waals surface area contributed by atoms with Crippen LogP contribution in [0.2, 0.25) is 0 Å². The van der Waals surface area contributed by atoms with Crippen LogP contribution in [0.5, 0.6) is 5.75 Å². The van der Waals surface area contributed by atoms with Crippen LogP contribution in [0.4, 0.5) is 5.82 Å². The molecule has 2 saturated heterocycles. The first-order valence-corrected chi connectivity index (χ1v) is 9.91. The number of piperazine rings is 1. The van der Waals surface area contributed by atoms with Gasteiger partial charge in [-0.2, -0.15) is 0 Å².